The first-order valence-electron chi connectivity index (χ1n) is 7.16. The van der Waals surface area contributed by atoms with Gasteiger partial charge in [-0.05, 0) is 43.5 Å². The summed E-state index contributed by atoms with van der Waals surface area (Å²) in [7, 11) is 0. The van der Waals surface area contributed by atoms with Gasteiger partial charge in [0.25, 0.3) is 0 Å². The van der Waals surface area contributed by atoms with Crippen LogP contribution in [0, 0.1) is 17.8 Å². The third-order valence-electron chi connectivity index (χ3n) is 4.40. The molecule has 0 radical (unpaired) electrons. The number of nitrogens with zero attached hydrogens (tertiary/aromatic N) is 1. The van der Waals surface area contributed by atoms with Gasteiger partial charge in [0.2, 0.25) is 11.8 Å². The van der Waals surface area contributed by atoms with Crippen molar-refractivity contribution in [2.24, 2.45) is 17.8 Å². The number of allylic oxidation sites excluding steroid dienone is 2. The Labute approximate surface area is 123 Å². The maximum absolute atomic E-state index is 12.6. The standard InChI is InChI=1S/C17H17NO3/c1-10-4-3-5-14-15(10)17(21)18(16(14)20)13-8-6-12(7-9-13)11(2)19/h3-4,6-10,14-15H,5H2,1-2H3/t10-,14+,15-/m1/s1. The number of carbonyl (C=O) groups excluding carboxylic acids is 3. The van der Waals surface area contributed by atoms with Crippen molar-refractivity contribution in [2.75, 3.05) is 4.90 Å². The van der Waals surface area contributed by atoms with Crippen LogP contribution in [0.15, 0.2) is 36.4 Å². The molecule has 0 unspecified atom stereocenters. The number of benzene rings is 1. The number of amides is 2. The molecule has 1 aliphatic heterocycles. The number of Topliss-reactive ketones (excluding diaryl/α,β-unsaturated/α-hetero) is 1. The Kier molecular flexibility index (Phi) is 3.24. The normalized spacial score (nSPS) is 27.9. The summed E-state index contributed by atoms with van der Waals surface area (Å²) < 4.78 is 0. The molecule has 1 fully saturated rings. The van der Waals surface area contributed by atoms with Crippen molar-refractivity contribution in [3.8, 4) is 0 Å². The summed E-state index contributed by atoms with van der Waals surface area (Å²) in [5.74, 6) is -0.706. The van der Waals surface area contributed by atoms with E-state index in [-0.39, 0.29) is 35.4 Å². The zero-order chi connectivity index (χ0) is 15.1. The first-order chi connectivity index (χ1) is 10.0. The zero-order valence-electron chi connectivity index (χ0n) is 12.1. The molecule has 1 saturated heterocycles. The van der Waals surface area contributed by atoms with Crippen molar-refractivity contribution in [1.29, 1.82) is 0 Å². The van der Waals surface area contributed by atoms with E-state index in [4.69, 9.17) is 0 Å². The summed E-state index contributed by atoms with van der Waals surface area (Å²) in [6.45, 7) is 3.46. The van der Waals surface area contributed by atoms with Crippen molar-refractivity contribution < 1.29 is 14.4 Å². The highest BCUT2D eigenvalue weighted by atomic mass is 16.2. The number of hydrogen-bond donors (Lipinski definition) is 0. The lowest BCUT2D eigenvalue weighted by Crippen LogP contribution is -2.31. The fraction of sp³-hybridized carbons (Fsp3) is 0.353. The molecule has 108 valence electrons. The van der Waals surface area contributed by atoms with Crippen molar-refractivity contribution >= 4 is 23.3 Å². The van der Waals surface area contributed by atoms with Gasteiger partial charge in [-0.3, -0.25) is 19.3 Å². The highest BCUT2D eigenvalue weighted by Crippen LogP contribution is 2.40. The van der Waals surface area contributed by atoms with E-state index in [0.29, 0.717) is 17.7 Å². The topological polar surface area (TPSA) is 54.5 Å². The fourth-order valence-electron chi connectivity index (χ4n) is 3.25. The second kappa shape index (κ2) is 4.95. The maximum atomic E-state index is 12.6. The highest BCUT2D eigenvalue weighted by molar-refractivity contribution is 6.22. The van der Waals surface area contributed by atoms with Gasteiger partial charge in [0.1, 0.15) is 0 Å². The molecule has 1 aromatic rings. The minimum absolute atomic E-state index is 0.0351. The molecule has 4 heteroatoms. The van der Waals surface area contributed by atoms with Crippen LogP contribution in [-0.2, 0) is 9.59 Å². The molecule has 3 rings (SSSR count). The summed E-state index contributed by atoms with van der Waals surface area (Å²) >= 11 is 0. The molecule has 21 heavy (non-hydrogen) atoms. The third kappa shape index (κ3) is 2.11. The molecule has 2 amide bonds. The van der Waals surface area contributed by atoms with Gasteiger partial charge >= 0.3 is 0 Å². The second-order valence-corrected chi connectivity index (χ2v) is 5.77. The SMILES string of the molecule is CC(=O)c1ccc(N2C(=O)[C@@H]3[C@H](C)C=CC[C@@H]3C2=O)cc1. The molecular formula is C17H17NO3. The van der Waals surface area contributed by atoms with Crippen molar-refractivity contribution in [1.82, 2.24) is 0 Å². The highest BCUT2D eigenvalue weighted by Gasteiger charge is 2.50. The number of ketones is 1. The van der Waals surface area contributed by atoms with Crippen LogP contribution in [0.4, 0.5) is 5.69 Å². The van der Waals surface area contributed by atoms with E-state index < -0.39 is 0 Å². The Morgan fingerprint density at radius 3 is 2.38 bits per heavy atom. The number of imide groups is 1. The van der Waals surface area contributed by atoms with Crippen molar-refractivity contribution in [2.45, 2.75) is 20.3 Å². The van der Waals surface area contributed by atoms with Crippen LogP contribution in [0.3, 0.4) is 0 Å². The van der Waals surface area contributed by atoms with Crippen molar-refractivity contribution in [3.05, 3.63) is 42.0 Å². The van der Waals surface area contributed by atoms with Crippen LogP contribution in [0.5, 0.6) is 0 Å². The molecule has 3 atom stereocenters. The van der Waals surface area contributed by atoms with Gasteiger partial charge in [-0.15, -0.1) is 0 Å². The molecule has 0 N–H and O–H groups in total. The summed E-state index contributed by atoms with van der Waals surface area (Å²) in [6.07, 6.45) is 4.62. The zero-order valence-corrected chi connectivity index (χ0v) is 12.1. The van der Waals surface area contributed by atoms with Crippen molar-refractivity contribution in [3.63, 3.8) is 0 Å². The molecule has 2 aliphatic rings. The van der Waals surface area contributed by atoms with E-state index in [1.54, 1.807) is 24.3 Å². The average Bonchev–Trinajstić information content (AvgIpc) is 2.72. The van der Waals surface area contributed by atoms with Crippen LogP contribution in [0.25, 0.3) is 0 Å². The number of rotatable bonds is 2. The van der Waals surface area contributed by atoms with Gasteiger partial charge in [0.05, 0.1) is 17.5 Å². The smallest absolute Gasteiger partial charge is 0.238 e. The van der Waals surface area contributed by atoms with E-state index in [9.17, 15) is 14.4 Å². The molecule has 0 spiro atoms. The van der Waals surface area contributed by atoms with E-state index in [2.05, 4.69) is 0 Å². The molecule has 1 heterocycles. The van der Waals surface area contributed by atoms with Gasteiger partial charge in [-0.1, -0.05) is 19.1 Å². The van der Waals surface area contributed by atoms with Crippen LogP contribution in [0.2, 0.25) is 0 Å². The summed E-state index contributed by atoms with van der Waals surface area (Å²) in [4.78, 5) is 37.7. The molecule has 1 aliphatic carbocycles. The predicted octanol–water partition coefficient (Wildman–Crippen LogP) is 2.59. The Balaban J connectivity index is 1.94. The molecule has 4 nitrogen and oxygen atoms in total. The first kappa shape index (κ1) is 13.7. The van der Waals surface area contributed by atoms with E-state index in [0.717, 1.165) is 0 Å². The summed E-state index contributed by atoms with van der Waals surface area (Å²) in [5.41, 5.74) is 1.13. The maximum Gasteiger partial charge on any atom is 0.238 e. The summed E-state index contributed by atoms with van der Waals surface area (Å²) in [6, 6.07) is 6.65. The lowest BCUT2D eigenvalue weighted by atomic mass is 9.78. The summed E-state index contributed by atoms with van der Waals surface area (Å²) in [5, 5.41) is 0. The van der Waals surface area contributed by atoms with Gasteiger partial charge in [-0.25, -0.2) is 0 Å². The van der Waals surface area contributed by atoms with Crippen LogP contribution >= 0.6 is 0 Å². The van der Waals surface area contributed by atoms with E-state index in [1.165, 1.54) is 11.8 Å². The lowest BCUT2D eigenvalue weighted by molar-refractivity contribution is -0.122. The van der Waals surface area contributed by atoms with E-state index >= 15 is 0 Å². The average molecular weight is 283 g/mol. The molecule has 0 aromatic heterocycles. The van der Waals surface area contributed by atoms with Gasteiger partial charge in [-0.2, -0.15) is 0 Å². The number of hydrogen-bond acceptors (Lipinski definition) is 3. The molecule has 1 aromatic carbocycles. The Bertz CT molecular complexity index is 645. The fourth-order valence-corrected chi connectivity index (χ4v) is 3.25. The van der Waals surface area contributed by atoms with Gasteiger partial charge in [0, 0.05) is 5.56 Å². The Morgan fingerprint density at radius 1 is 1.14 bits per heavy atom. The van der Waals surface area contributed by atoms with E-state index in [1.807, 2.05) is 19.1 Å². The third-order valence-corrected chi connectivity index (χ3v) is 4.40. The molecule has 0 saturated carbocycles. The molecule has 0 bridgehead atoms. The van der Waals surface area contributed by atoms with Crippen LogP contribution < -0.4 is 4.90 Å². The second-order valence-electron chi connectivity index (χ2n) is 5.77. The lowest BCUT2D eigenvalue weighted by Gasteiger charge is -2.22. The van der Waals surface area contributed by atoms with Crippen LogP contribution in [0.1, 0.15) is 30.6 Å². The first-order valence-corrected chi connectivity index (χ1v) is 7.16. The number of anilines is 1. The predicted molar refractivity (Wildman–Crippen MR) is 78.8 cm³/mol. The number of fused-ring (bicyclic) bond motifs is 1. The largest absolute Gasteiger partial charge is 0.295 e. The molecular weight excluding hydrogens is 266 g/mol. The monoisotopic (exact) mass is 283 g/mol. The van der Waals surface area contributed by atoms with Gasteiger partial charge < -0.3 is 0 Å². The minimum Gasteiger partial charge on any atom is -0.295 e. The quantitative estimate of drug-likeness (QED) is 0.476. The number of carbonyl (C=O) groups is 3. The van der Waals surface area contributed by atoms with Crippen LogP contribution in [-0.4, -0.2) is 17.6 Å². The Morgan fingerprint density at radius 2 is 1.81 bits per heavy atom. The van der Waals surface area contributed by atoms with Gasteiger partial charge in [0.15, 0.2) is 5.78 Å². The minimum atomic E-state index is -0.255. The Hall–Kier alpha value is -2.23.